The first-order valence-corrected chi connectivity index (χ1v) is 11.6. The van der Waals surface area contributed by atoms with Crippen LogP contribution in [0.25, 0.3) is 0 Å². The molecule has 0 spiro atoms. The van der Waals surface area contributed by atoms with Crippen molar-refractivity contribution >= 4 is 5.97 Å². The topological polar surface area (TPSA) is 70.3 Å². The predicted molar refractivity (Wildman–Crippen MR) is 112 cm³/mol. The molecule has 0 aliphatic heterocycles. The minimum atomic E-state index is -1.09. The third-order valence-corrected chi connectivity index (χ3v) is 9.24. The van der Waals surface area contributed by atoms with Crippen LogP contribution in [0.4, 0.5) is 0 Å². The van der Waals surface area contributed by atoms with Crippen molar-refractivity contribution < 1.29 is 14.6 Å². The van der Waals surface area contributed by atoms with Gasteiger partial charge in [-0.1, -0.05) is 52.7 Å². The van der Waals surface area contributed by atoms with E-state index in [0.29, 0.717) is 37.4 Å². The van der Waals surface area contributed by atoms with Crippen LogP contribution in [0.1, 0.15) is 66.7 Å². The number of rotatable bonds is 7. The lowest BCUT2D eigenvalue weighted by Crippen LogP contribution is -2.62. The van der Waals surface area contributed by atoms with Crippen LogP contribution in [0.5, 0.6) is 0 Å². The first-order valence-electron chi connectivity index (χ1n) is 11.6. The number of nitriles is 1. The van der Waals surface area contributed by atoms with E-state index in [1.807, 2.05) is 0 Å². The second kappa shape index (κ2) is 6.84. The number of allylic oxidation sites excluding steroid dienone is 1. The fourth-order valence-corrected chi connectivity index (χ4v) is 8.11. The highest BCUT2D eigenvalue weighted by Gasteiger charge is 2.84. The lowest BCUT2D eigenvalue weighted by atomic mass is 9.43. The van der Waals surface area contributed by atoms with Crippen LogP contribution in [0.15, 0.2) is 11.6 Å². The molecule has 1 N–H and O–H groups in total. The van der Waals surface area contributed by atoms with Crippen LogP contribution in [0.2, 0.25) is 0 Å². The summed E-state index contributed by atoms with van der Waals surface area (Å²) in [4.78, 5) is 13.2. The molecule has 7 atom stereocenters. The summed E-state index contributed by atoms with van der Waals surface area (Å²) in [7, 11) is 0. The van der Waals surface area contributed by atoms with Gasteiger partial charge in [0.2, 0.25) is 0 Å². The van der Waals surface area contributed by atoms with Gasteiger partial charge in [0.15, 0.2) is 0 Å². The van der Waals surface area contributed by atoms with Gasteiger partial charge < -0.3 is 9.84 Å². The molecule has 160 valence electrons. The van der Waals surface area contributed by atoms with Gasteiger partial charge >= 0.3 is 5.97 Å². The Balaban J connectivity index is 1.84. The summed E-state index contributed by atoms with van der Waals surface area (Å²) in [6.45, 7) is 12.0. The van der Waals surface area contributed by atoms with Crippen LogP contribution in [0, 0.1) is 63.1 Å². The maximum Gasteiger partial charge on any atom is 0.316 e. The van der Waals surface area contributed by atoms with Crippen LogP contribution < -0.4 is 0 Å². The number of ether oxygens (including phenoxy) is 1. The van der Waals surface area contributed by atoms with Crippen molar-refractivity contribution in [2.75, 3.05) is 13.2 Å². The molecule has 4 heteroatoms. The highest BCUT2D eigenvalue weighted by atomic mass is 16.5. The first-order chi connectivity index (χ1) is 13.7. The van der Waals surface area contributed by atoms with Crippen LogP contribution in [0.3, 0.4) is 0 Å². The molecule has 4 bridgehead atoms. The Bertz CT molecular complexity index is 765. The second-order valence-corrected chi connectivity index (χ2v) is 11.1. The van der Waals surface area contributed by atoms with E-state index >= 15 is 0 Å². The average Bonchev–Trinajstić information content (AvgIpc) is 3.22. The molecule has 3 saturated carbocycles. The third-order valence-electron chi connectivity index (χ3n) is 9.24. The van der Waals surface area contributed by atoms with Gasteiger partial charge in [-0.3, -0.25) is 4.79 Å². The Morgan fingerprint density at radius 3 is 2.62 bits per heavy atom. The minimum absolute atomic E-state index is 0.134. The van der Waals surface area contributed by atoms with Gasteiger partial charge in [0.1, 0.15) is 5.41 Å². The highest BCUT2D eigenvalue weighted by Crippen LogP contribution is 2.83. The summed E-state index contributed by atoms with van der Waals surface area (Å²) in [6, 6.07) is 2.70. The van der Waals surface area contributed by atoms with Gasteiger partial charge in [0, 0.05) is 12.0 Å². The van der Waals surface area contributed by atoms with E-state index in [1.54, 1.807) is 0 Å². The molecule has 3 fully saturated rings. The lowest BCUT2D eigenvalue weighted by Gasteiger charge is -2.57. The number of hydrogen-bond donors (Lipinski definition) is 1. The van der Waals surface area contributed by atoms with Gasteiger partial charge in [-0.2, -0.15) is 5.26 Å². The molecule has 0 saturated heterocycles. The summed E-state index contributed by atoms with van der Waals surface area (Å²) in [5, 5.41) is 21.5. The van der Waals surface area contributed by atoms with E-state index < -0.39 is 22.2 Å². The quantitative estimate of drug-likeness (QED) is 0.466. The normalized spacial score (nSPS) is 44.8. The summed E-state index contributed by atoms with van der Waals surface area (Å²) < 4.78 is 6.26. The standard InChI is InChI=1S/C25H37NO3/c1-15(2)8-9-29-14-24-12-19-17(5)6-7-20(19)23(13-26)11-18(24)10-21(16(3)4)25(23,24)22(27)28/h10,15-20H,6-9,11-12,14H2,1-5H3,(H,27,28)/t17?,18?,19?,20?,23-,24+,25-/m0/s1. The van der Waals surface area contributed by atoms with Gasteiger partial charge in [0.25, 0.3) is 0 Å². The lowest BCUT2D eigenvalue weighted by molar-refractivity contribution is -0.179. The number of nitrogens with zero attached hydrogens (tertiary/aromatic N) is 1. The monoisotopic (exact) mass is 399 g/mol. The molecule has 0 heterocycles. The number of fused-ring (bicyclic) bond motifs is 2. The van der Waals surface area contributed by atoms with Gasteiger partial charge in [0.05, 0.1) is 18.1 Å². The molecule has 0 aromatic carbocycles. The maximum absolute atomic E-state index is 13.2. The summed E-state index contributed by atoms with van der Waals surface area (Å²) in [6.07, 6.45) is 6.95. The summed E-state index contributed by atoms with van der Waals surface area (Å²) in [5.41, 5.74) is -1.33. The van der Waals surface area contributed by atoms with Gasteiger partial charge in [-0.15, -0.1) is 0 Å². The first kappa shape index (κ1) is 20.9. The van der Waals surface area contributed by atoms with E-state index in [1.165, 1.54) is 0 Å². The van der Waals surface area contributed by atoms with Gasteiger partial charge in [-0.05, 0) is 61.2 Å². The van der Waals surface area contributed by atoms with Crippen molar-refractivity contribution in [3.8, 4) is 6.07 Å². The zero-order chi connectivity index (χ0) is 21.2. The minimum Gasteiger partial charge on any atom is -0.481 e. The zero-order valence-electron chi connectivity index (χ0n) is 18.7. The molecule has 4 aliphatic rings. The van der Waals surface area contributed by atoms with Crippen LogP contribution in [-0.2, 0) is 9.53 Å². The molecular formula is C25H37NO3. The molecule has 29 heavy (non-hydrogen) atoms. The fraction of sp³-hybridized carbons (Fsp3) is 0.840. The highest BCUT2D eigenvalue weighted by molar-refractivity contribution is 5.85. The van der Waals surface area contributed by atoms with Crippen molar-refractivity contribution in [1.82, 2.24) is 0 Å². The molecule has 0 radical (unpaired) electrons. The maximum atomic E-state index is 13.2. The molecule has 4 unspecified atom stereocenters. The van der Waals surface area contributed by atoms with Crippen molar-refractivity contribution in [3.63, 3.8) is 0 Å². The molecule has 0 aromatic heterocycles. The average molecular weight is 400 g/mol. The fourth-order valence-electron chi connectivity index (χ4n) is 8.11. The van der Waals surface area contributed by atoms with Gasteiger partial charge in [-0.25, -0.2) is 0 Å². The van der Waals surface area contributed by atoms with E-state index in [2.05, 4.69) is 46.8 Å². The number of hydrogen-bond acceptors (Lipinski definition) is 3. The number of carboxylic acid groups (broad SMARTS) is 1. The van der Waals surface area contributed by atoms with Crippen LogP contribution >= 0.6 is 0 Å². The Morgan fingerprint density at radius 2 is 2.03 bits per heavy atom. The van der Waals surface area contributed by atoms with E-state index in [9.17, 15) is 15.2 Å². The molecule has 4 aliphatic carbocycles. The molecule has 4 rings (SSSR count). The molecular weight excluding hydrogens is 362 g/mol. The predicted octanol–water partition coefficient (Wildman–Crippen LogP) is 5.30. The smallest absolute Gasteiger partial charge is 0.316 e. The van der Waals surface area contributed by atoms with Crippen molar-refractivity contribution in [3.05, 3.63) is 11.6 Å². The van der Waals surface area contributed by atoms with Crippen LogP contribution in [-0.4, -0.2) is 24.3 Å². The Hall–Kier alpha value is -1.34. The van der Waals surface area contributed by atoms with E-state index in [4.69, 9.17) is 4.74 Å². The molecule has 0 aromatic rings. The summed E-state index contributed by atoms with van der Waals surface area (Å²) >= 11 is 0. The molecule has 0 amide bonds. The van der Waals surface area contributed by atoms with Crippen molar-refractivity contribution in [2.24, 2.45) is 51.8 Å². The Labute approximate surface area is 175 Å². The SMILES string of the molecule is CC(C)CCOC[C@]12CC3C(C)CCC3[C@@]3(C#N)CC1C=C(C(C)C)[C@@]23C(=O)O. The largest absolute Gasteiger partial charge is 0.481 e. The zero-order valence-corrected chi connectivity index (χ0v) is 18.7. The van der Waals surface area contributed by atoms with E-state index in [0.717, 1.165) is 31.3 Å². The number of aliphatic carboxylic acids is 1. The number of carbonyl (C=O) groups is 1. The Morgan fingerprint density at radius 1 is 1.31 bits per heavy atom. The van der Waals surface area contributed by atoms with Crippen molar-refractivity contribution in [2.45, 2.75) is 66.7 Å². The number of carboxylic acids is 1. The molecule has 4 nitrogen and oxygen atoms in total. The summed E-state index contributed by atoms with van der Waals surface area (Å²) in [5.74, 6) is 1.28. The third kappa shape index (κ3) is 2.37. The van der Waals surface area contributed by atoms with E-state index in [-0.39, 0.29) is 17.8 Å². The van der Waals surface area contributed by atoms with Crippen molar-refractivity contribution in [1.29, 1.82) is 5.26 Å². The Kier molecular flexibility index (Phi) is 4.93. The second-order valence-electron chi connectivity index (χ2n) is 11.1.